The van der Waals surface area contributed by atoms with Gasteiger partial charge in [0.05, 0.1) is 5.92 Å². The number of aromatic hydroxyl groups is 1. The van der Waals surface area contributed by atoms with Gasteiger partial charge in [0.2, 0.25) is 0 Å². The van der Waals surface area contributed by atoms with Crippen LogP contribution in [-0.2, 0) is 4.79 Å². The van der Waals surface area contributed by atoms with Crippen LogP contribution in [-0.4, -0.2) is 27.7 Å². The first-order valence-corrected chi connectivity index (χ1v) is 5.29. The molecule has 2 aromatic rings. The molecular weight excluding hydrogens is 220 g/mol. The van der Waals surface area contributed by atoms with E-state index in [1.807, 2.05) is 0 Å². The van der Waals surface area contributed by atoms with E-state index in [-0.39, 0.29) is 12.3 Å². The van der Waals surface area contributed by atoms with Crippen LogP contribution in [0.2, 0.25) is 0 Å². The lowest BCUT2D eigenvalue weighted by molar-refractivity contribution is -0.138. The highest BCUT2D eigenvalue weighted by atomic mass is 16.4. The molecule has 17 heavy (non-hydrogen) atoms. The molecule has 5 heteroatoms. The Morgan fingerprint density at radius 1 is 1.53 bits per heavy atom. The Balaban J connectivity index is 2.75. The summed E-state index contributed by atoms with van der Waals surface area (Å²) in [5, 5.41) is 19.5. The van der Waals surface area contributed by atoms with Crippen LogP contribution in [0, 0.1) is 6.92 Å². The van der Waals surface area contributed by atoms with E-state index in [1.165, 1.54) is 6.07 Å². The Bertz CT molecular complexity index is 574. The number of hydrogen-bond donors (Lipinski definition) is 4. The summed E-state index contributed by atoms with van der Waals surface area (Å²) >= 11 is 0. The molecule has 0 amide bonds. The molecule has 0 spiro atoms. The number of H-pyrrole nitrogens is 1. The third-order valence-corrected chi connectivity index (χ3v) is 2.92. The normalized spacial score (nSPS) is 12.8. The predicted molar refractivity (Wildman–Crippen MR) is 64.1 cm³/mol. The monoisotopic (exact) mass is 234 g/mol. The summed E-state index contributed by atoms with van der Waals surface area (Å²) in [4.78, 5) is 14.2. The summed E-state index contributed by atoms with van der Waals surface area (Å²) in [6, 6.07) is 5.03. The van der Waals surface area contributed by atoms with Crippen molar-refractivity contribution in [1.29, 1.82) is 0 Å². The van der Waals surface area contributed by atoms with Crippen LogP contribution in [0.1, 0.15) is 17.2 Å². The van der Waals surface area contributed by atoms with Gasteiger partial charge in [0.1, 0.15) is 5.75 Å². The molecule has 0 fully saturated rings. The minimum absolute atomic E-state index is 0.00252. The number of aliphatic carboxylic acids is 1. The minimum Gasteiger partial charge on any atom is -0.507 e. The fourth-order valence-corrected chi connectivity index (χ4v) is 2.16. The first-order chi connectivity index (χ1) is 8.06. The van der Waals surface area contributed by atoms with Crippen LogP contribution < -0.4 is 5.73 Å². The molecule has 1 aromatic carbocycles. The van der Waals surface area contributed by atoms with Gasteiger partial charge in [-0.25, -0.2) is 0 Å². The van der Waals surface area contributed by atoms with Gasteiger partial charge >= 0.3 is 5.97 Å². The van der Waals surface area contributed by atoms with Gasteiger partial charge in [-0.3, -0.25) is 4.79 Å². The Morgan fingerprint density at radius 2 is 2.24 bits per heavy atom. The van der Waals surface area contributed by atoms with Crippen LogP contribution in [0.5, 0.6) is 5.75 Å². The second kappa shape index (κ2) is 4.10. The number of phenolic OH excluding ortho intramolecular Hbond substituents is 1. The van der Waals surface area contributed by atoms with Gasteiger partial charge in [0, 0.05) is 23.1 Å². The number of aromatic amines is 1. The fraction of sp³-hybridized carbons (Fsp3) is 0.250. The first kappa shape index (κ1) is 11.5. The van der Waals surface area contributed by atoms with Crippen LogP contribution >= 0.6 is 0 Å². The van der Waals surface area contributed by atoms with Gasteiger partial charge in [-0.15, -0.1) is 0 Å². The van der Waals surface area contributed by atoms with E-state index in [2.05, 4.69) is 4.98 Å². The van der Waals surface area contributed by atoms with Gasteiger partial charge in [-0.05, 0) is 24.6 Å². The highest BCUT2D eigenvalue weighted by Crippen LogP contribution is 2.34. The van der Waals surface area contributed by atoms with Gasteiger partial charge in [-0.1, -0.05) is 6.07 Å². The minimum atomic E-state index is -0.986. The average molecular weight is 234 g/mol. The molecule has 0 aliphatic carbocycles. The number of benzene rings is 1. The summed E-state index contributed by atoms with van der Waals surface area (Å²) < 4.78 is 0. The standard InChI is InChI=1S/C12H14N2O3/c1-6-10(7(5-13)12(16)17)11-8(14-6)3-2-4-9(11)15/h2-4,7,14-15H,5,13H2,1H3,(H,16,17). The van der Waals surface area contributed by atoms with Crippen molar-refractivity contribution in [1.82, 2.24) is 4.98 Å². The Labute approximate surface area is 97.9 Å². The van der Waals surface area contributed by atoms with Gasteiger partial charge in [0.15, 0.2) is 0 Å². The van der Waals surface area contributed by atoms with Crippen molar-refractivity contribution in [2.24, 2.45) is 5.73 Å². The number of carboxylic acid groups (broad SMARTS) is 1. The SMILES string of the molecule is Cc1[nH]c2cccc(O)c2c1C(CN)C(=O)O. The molecular formula is C12H14N2O3. The number of aromatic nitrogens is 1. The van der Waals surface area contributed by atoms with Crippen molar-refractivity contribution in [3.05, 3.63) is 29.5 Å². The van der Waals surface area contributed by atoms with Crippen LogP contribution in [0.3, 0.4) is 0 Å². The van der Waals surface area contributed by atoms with E-state index in [9.17, 15) is 9.90 Å². The van der Waals surface area contributed by atoms with Crippen LogP contribution in [0.4, 0.5) is 0 Å². The van der Waals surface area contributed by atoms with Gasteiger partial charge in [-0.2, -0.15) is 0 Å². The molecule has 1 unspecified atom stereocenters. The molecule has 0 aliphatic heterocycles. The smallest absolute Gasteiger partial charge is 0.312 e. The highest BCUT2D eigenvalue weighted by molar-refractivity contribution is 5.94. The summed E-state index contributed by atoms with van der Waals surface area (Å²) in [7, 11) is 0. The Morgan fingerprint density at radius 3 is 2.82 bits per heavy atom. The van der Waals surface area contributed by atoms with Crippen molar-refractivity contribution in [2.45, 2.75) is 12.8 Å². The highest BCUT2D eigenvalue weighted by Gasteiger charge is 2.25. The Kier molecular flexibility index (Phi) is 2.77. The zero-order valence-corrected chi connectivity index (χ0v) is 9.40. The molecule has 1 heterocycles. The maximum atomic E-state index is 11.2. The lowest BCUT2D eigenvalue weighted by atomic mass is 9.96. The molecule has 2 rings (SSSR count). The molecule has 0 saturated heterocycles. The molecule has 1 aromatic heterocycles. The summed E-state index contributed by atoms with van der Waals surface area (Å²) in [5.74, 6) is -1.72. The van der Waals surface area contributed by atoms with Crippen molar-refractivity contribution >= 4 is 16.9 Å². The number of nitrogens with two attached hydrogens (primary N) is 1. The number of fused-ring (bicyclic) bond motifs is 1. The molecule has 90 valence electrons. The van der Waals surface area contributed by atoms with E-state index < -0.39 is 11.9 Å². The molecule has 5 nitrogen and oxygen atoms in total. The third kappa shape index (κ3) is 1.74. The topological polar surface area (TPSA) is 99.3 Å². The molecule has 0 bridgehead atoms. The second-order valence-electron chi connectivity index (χ2n) is 3.99. The maximum Gasteiger partial charge on any atom is 0.312 e. The lowest BCUT2D eigenvalue weighted by Crippen LogP contribution is -2.21. The number of hydrogen-bond acceptors (Lipinski definition) is 3. The molecule has 1 atom stereocenters. The van der Waals surface area contributed by atoms with E-state index in [1.54, 1.807) is 19.1 Å². The lowest BCUT2D eigenvalue weighted by Gasteiger charge is -2.10. The summed E-state index contributed by atoms with van der Waals surface area (Å²) in [5.41, 5.74) is 7.50. The van der Waals surface area contributed by atoms with E-state index in [0.29, 0.717) is 10.9 Å². The number of carbonyl (C=O) groups is 1. The van der Waals surface area contributed by atoms with E-state index in [4.69, 9.17) is 10.8 Å². The van der Waals surface area contributed by atoms with E-state index >= 15 is 0 Å². The average Bonchev–Trinajstić information content (AvgIpc) is 2.58. The van der Waals surface area contributed by atoms with Crippen LogP contribution in [0.15, 0.2) is 18.2 Å². The summed E-state index contributed by atoms with van der Waals surface area (Å²) in [6.07, 6.45) is 0. The number of rotatable bonds is 3. The predicted octanol–water partition coefficient (Wildman–Crippen LogP) is 1.31. The number of carboxylic acids is 1. The zero-order chi connectivity index (χ0) is 12.6. The zero-order valence-electron chi connectivity index (χ0n) is 9.40. The van der Waals surface area contributed by atoms with Gasteiger partial charge < -0.3 is 20.9 Å². The van der Waals surface area contributed by atoms with Crippen molar-refractivity contribution < 1.29 is 15.0 Å². The maximum absolute atomic E-state index is 11.2. The van der Waals surface area contributed by atoms with Crippen molar-refractivity contribution in [3.63, 3.8) is 0 Å². The molecule has 0 saturated carbocycles. The van der Waals surface area contributed by atoms with E-state index in [0.717, 1.165) is 11.2 Å². The number of aryl methyl sites for hydroxylation is 1. The molecule has 5 N–H and O–H groups in total. The van der Waals surface area contributed by atoms with Gasteiger partial charge in [0.25, 0.3) is 0 Å². The number of phenols is 1. The first-order valence-electron chi connectivity index (χ1n) is 5.29. The Hall–Kier alpha value is -2.01. The van der Waals surface area contributed by atoms with Crippen molar-refractivity contribution in [3.8, 4) is 5.75 Å². The summed E-state index contributed by atoms with van der Waals surface area (Å²) in [6.45, 7) is 1.78. The largest absolute Gasteiger partial charge is 0.507 e. The van der Waals surface area contributed by atoms with Crippen molar-refractivity contribution in [2.75, 3.05) is 6.54 Å². The third-order valence-electron chi connectivity index (χ3n) is 2.92. The second-order valence-corrected chi connectivity index (χ2v) is 3.99. The number of nitrogens with one attached hydrogen (secondary N) is 1. The molecule has 0 radical (unpaired) electrons. The fourth-order valence-electron chi connectivity index (χ4n) is 2.16. The quantitative estimate of drug-likeness (QED) is 0.643. The van der Waals surface area contributed by atoms with Crippen LogP contribution in [0.25, 0.3) is 10.9 Å². The molecule has 0 aliphatic rings.